The molecule has 1 saturated carbocycles. The van der Waals surface area contributed by atoms with Crippen LogP contribution < -0.4 is 10.6 Å². The molecule has 1 aliphatic carbocycles. The summed E-state index contributed by atoms with van der Waals surface area (Å²) in [5.74, 6) is 1.30. The van der Waals surface area contributed by atoms with E-state index >= 15 is 0 Å². The number of hydrogen-bond acceptors (Lipinski definition) is 3. The highest BCUT2D eigenvalue weighted by Gasteiger charge is 2.36. The summed E-state index contributed by atoms with van der Waals surface area (Å²) in [5, 5.41) is 6.92. The van der Waals surface area contributed by atoms with Gasteiger partial charge < -0.3 is 20.1 Å². The van der Waals surface area contributed by atoms with E-state index in [1.54, 1.807) is 7.11 Å². The first-order chi connectivity index (χ1) is 12.7. The van der Waals surface area contributed by atoms with E-state index in [9.17, 15) is 0 Å². The maximum Gasteiger partial charge on any atom is 0.191 e. The summed E-state index contributed by atoms with van der Waals surface area (Å²) in [6, 6.07) is 10.3. The molecular formula is C21H35N3O2. The minimum atomic E-state index is 0.387. The van der Waals surface area contributed by atoms with Crippen LogP contribution in [0.5, 0.6) is 0 Å². The Morgan fingerprint density at radius 1 is 1.23 bits per heavy atom. The Bertz CT molecular complexity index is 529. The van der Waals surface area contributed by atoms with E-state index in [2.05, 4.69) is 34.7 Å². The van der Waals surface area contributed by atoms with Crippen LogP contribution in [0.1, 0.15) is 38.2 Å². The van der Waals surface area contributed by atoms with Gasteiger partial charge in [-0.05, 0) is 36.2 Å². The molecule has 0 aliphatic heterocycles. The van der Waals surface area contributed by atoms with Gasteiger partial charge >= 0.3 is 0 Å². The number of methoxy groups -OCH3 is 1. The normalized spacial score (nSPS) is 17.4. The maximum atomic E-state index is 5.82. The summed E-state index contributed by atoms with van der Waals surface area (Å²) in [5.41, 5.74) is 1.60. The zero-order valence-corrected chi connectivity index (χ0v) is 16.6. The third kappa shape index (κ3) is 6.96. The molecule has 1 atom stereocenters. The second kappa shape index (κ2) is 11.2. The minimum Gasteiger partial charge on any atom is -0.385 e. The molecule has 2 N–H and O–H groups in total. The molecule has 0 bridgehead atoms. The molecule has 0 heterocycles. The average molecular weight is 362 g/mol. The fraction of sp³-hybridized carbons (Fsp3) is 0.667. The molecular weight excluding hydrogens is 326 g/mol. The average Bonchev–Trinajstić information content (AvgIpc) is 2.63. The third-order valence-electron chi connectivity index (χ3n) is 5.24. The highest BCUT2D eigenvalue weighted by molar-refractivity contribution is 5.79. The van der Waals surface area contributed by atoms with Crippen LogP contribution in [0.3, 0.4) is 0 Å². The van der Waals surface area contributed by atoms with Crippen LogP contribution >= 0.6 is 0 Å². The lowest BCUT2D eigenvalue weighted by Gasteiger charge is -2.42. The molecule has 0 saturated heterocycles. The van der Waals surface area contributed by atoms with E-state index in [1.807, 2.05) is 25.2 Å². The Hall–Kier alpha value is -1.59. The van der Waals surface area contributed by atoms with Crippen molar-refractivity contribution >= 4 is 5.96 Å². The van der Waals surface area contributed by atoms with Gasteiger partial charge in [0, 0.05) is 33.9 Å². The fourth-order valence-electron chi connectivity index (χ4n) is 3.28. The number of guanidine groups is 1. The smallest absolute Gasteiger partial charge is 0.191 e. The van der Waals surface area contributed by atoms with Crippen molar-refractivity contribution in [1.82, 2.24) is 10.6 Å². The fourth-order valence-corrected chi connectivity index (χ4v) is 3.28. The highest BCUT2D eigenvalue weighted by Crippen LogP contribution is 2.43. The van der Waals surface area contributed by atoms with Crippen molar-refractivity contribution < 1.29 is 9.47 Å². The Morgan fingerprint density at radius 2 is 2.00 bits per heavy atom. The number of benzene rings is 1. The molecule has 0 spiro atoms. The zero-order valence-electron chi connectivity index (χ0n) is 16.6. The van der Waals surface area contributed by atoms with Gasteiger partial charge in [0.1, 0.15) is 0 Å². The summed E-state index contributed by atoms with van der Waals surface area (Å²) in [7, 11) is 3.61. The molecule has 26 heavy (non-hydrogen) atoms. The Morgan fingerprint density at radius 3 is 2.62 bits per heavy atom. The van der Waals surface area contributed by atoms with Crippen molar-refractivity contribution in [2.24, 2.45) is 16.3 Å². The SMILES string of the molecule is CN=C(NCC(C)COCc1ccccc1)NCC1(CCOC)CCC1. The molecule has 1 aromatic carbocycles. The van der Waals surface area contributed by atoms with Gasteiger partial charge in [-0.1, -0.05) is 43.7 Å². The Balaban J connectivity index is 1.63. The number of nitrogens with zero attached hydrogens (tertiary/aromatic N) is 1. The van der Waals surface area contributed by atoms with Crippen LogP contribution in [0, 0.1) is 11.3 Å². The third-order valence-corrected chi connectivity index (χ3v) is 5.24. The first-order valence-electron chi connectivity index (χ1n) is 9.72. The number of hydrogen-bond donors (Lipinski definition) is 2. The molecule has 0 radical (unpaired) electrons. The van der Waals surface area contributed by atoms with Crippen molar-refractivity contribution in [3.63, 3.8) is 0 Å². The monoisotopic (exact) mass is 361 g/mol. The highest BCUT2D eigenvalue weighted by atomic mass is 16.5. The predicted molar refractivity (Wildman–Crippen MR) is 107 cm³/mol. The van der Waals surface area contributed by atoms with E-state index in [4.69, 9.17) is 9.47 Å². The van der Waals surface area contributed by atoms with Crippen molar-refractivity contribution in [2.45, 2.75) is 39.2 Å². The lowest BCUT2D eigenvalue weighted by Crippen LogP contribution is -2.47. The van der Waals surface area contributed by atoms with E-state index < -0.39 is 0 Å². The van der Waals surface area contributed by atoms with Crippen molar-refractivity contribution in [2.75, 3.05) is 40.5 Å². The largest absolute Gasteiger partial charge is 0.385 e. The van der Waals surface area contributed by atoms with E-state index in [-0.39, 0.29) is 0 Å². The first-order valence-corrected chi connectivity index (χ1v) is 9.72. The van der Waals surface area contributed by atoms with Crippen molar-refractivity contribution in [3.8, 4) is 0 Å². The molecule has 0 aromatic heterocycles. The summed E-state index contributed by atoms with van der Waals surface area (Å²) >= 11 is 0. The van der Waals surface area contributed by atoms with Crippen LogP contribution in [0.4, 0.5) is 0 Å². The number of nitrogens with one attached hydrogen (secondary N) is 2. The van der Waals surface area contributed by atoms with Crippen LogP contribution in [-0.4, -0.2) is 46.4 Å². The van der Waals surface area contributed by atoms with Gasteiger partial charge in [0.05, 0.1) is 13.2 Å². The van der Waals surface area contributed by atoms with Gasteiger partial charge in [-0.15, -0.1) is 0 Å². The van der Waals surface area contributed by atoms with E-state index in [0.29, 0.717) is 17.9 Å². The standard InChI is InChI=1S/C21H35N3O2/c1-18(15-26-16-19-8-5-4-6-9-19)14-23-20(22-2)24-17-21(10-7-11-21)12-13-25-3/h4-6,8-9,18H,7,10-17H2,1-3H3,(H2,22,23,24). The van der Waals surface area contributed by atoms with Gasteiger partial charge in [-0.25, -0.2) is 0 Å². The van der Waals surface area contributed by atoms with Crippen LogP contribution in [0.2, 0.25) is 0 Å². The number of rotatable bonds is 11. The number of ether oxygens (including phenoxy) is 2. The molecule has 5 nitrogen and oxygen atoms in total. The summed E-state index contributed by atoms with van der Waals surface area (Å²) in [4.78, 5) is 4.35. The second-order valence-electron chi connectivity index (χ2n) is 7.51. The van der Waals surface area contributed by atoms with Gasteiger partial charge in [-0.2, -0.15) is 0 Å². The lowest BCUT2D eigenvalue weighted by molar-refractivity contribution is 0.0731. The summed E-state index contributed by atoms with van der Waals surface area (Å²) in [6.07, 6.45) is 5.01. The molecule has 2 rings (SSSR count). The van der Waals surface area contributed by atoms with Crippen molar-refractivity contribution in [1.29, 1.82) is 0 Å². The Kier molecular flexibility index (Phi) is 8.92. The van der Waals surface area contributed by atoms with Gasteiger partial charge in [0.25, 0.3) is 0 Å². The zero-order chi connectivity index (χ0) is 18.7. The second-order valence-corrected chi connectivity index (χ2v) is 7.51. The van der Waals surface area contributed by atoms with E-state index in [0.717, 1.165) is 38.7 Å². The topological polar surface area (TPSA) is 54.9 Å². The summed E-state index contributed by atoms with van der Waals surface area (Å²) in [6.45, 7) is 6.24. The lowest BCUT2D eigenvalue weighted by atomic mass is 9.67. The molecule has 1 unspecified atom stereocenters. The molecule has 1 fully saturated rings. The van der Waals surface area contributed by atoms with Gasteiger partial charge in [0.2, 0.25) is 0 Å². The molecule has 5 heteroatoms. The molecule has 0 amide bonds. The van der Waals surface area contributed by atoms with Crippen LogP contribution in [0.25, 0.3) is 0 Å². The van der Waals surface area contributed by atoms with E-state index in [1.165, 1.54) is 24.8 Å². The van der Waals surface area contributed by atoms with Crippen molar-refractivity contribution in [3.05, 3.63) is 35.9 Å². The number of aliphatic imine (C=N–C) groups is 1. The summed E-state index contributed by atoms with van der Waals surface area (Å²) < 4.78 is 11.1. The Labute approximate surface area is 158 Å². The molecule has 1 aromatic rings. The van der Waals surface area contributed by atoms with Crippen LogP contribution in [-0.2, 0) is 16.1 Å². The molecule has 146 valence electrons. The minimum absolute atomic E-state index is 0.387. The maximum absolute atomic E-state index is 5.82. The van der Waals surface area contributed by atoms with Gasteiger partial charge in [0.15, 0.2) is 5.96 Å². The van der Waals surface area contributed by atoms with Crippen LogP contribution in [0.15, 0.2) is 35.3 Å². The first kappa shape index (κ1) is 20.7. The quantitative estimate of drug-likeness (QED) is 0.469. The predicted octanol–water partition coefficient (Wildman–Crippen LogP) is 3.21. The molecule has 1 aliphatic rings. The van der Waals surface area contributed by atoms with Gasteiger partial charge in [-0.3, -0.25) is 4.99 Å².